The highest BCUT2D eigenvalue weighted by molar-refractivity contribution is 6.07. The zero-order valence-electron chi connectivity index (χ0n) is 28.4. The highest BCUT2D eigenvalue weighted by Gasteiger charge is 2.46. The summed E-state index contributed by atoms with van der Waals surface area (Å²) >= 11 is 0. The molecule has 0 unspecified atom stereocenters. The van der Waals surface area contributed by atoms with Crippen LogP contribution in [-0.4, -0.2) is 48.5 Å². The van der Waals surface area contributed by atoms with Crippen LogP contribution in [0.5, 0.6) is 0 Å². The highest BCUT2D eigenvalue weighted by Crippen LogP contribution is 2.51. The molecule has 0 N–H and O–H groups in total. The van der Waals surface area contributed by atoms with Gasteiger partial charge in [-0.25, -0.2) is 0 Å². The smallest absolute Gasteiger partial charge is 0.312 e. The molecule has 0 aromatic heterocycles. The first-order valence-corrected chi connectivity index (χ1v) is 16.8. The van der Waals surface area contributed by atoms with Gasteiger partial charge in [-0.15, -0.1) is 0 Å². The van der Waals surface area contributed by atoms with E-state index in [9.17, 15) is 9.59 Å². The molecule has 4 aromatic rings. The topological polar surface area (TPSA) is 58.8 Å². The molecule has 0 saturated heterocycles. The van der Waals surface area contributed by atoms with Gasteiger partial charge in [-0.1, -0.05) is 74.5 Å². The van der Waals surface area contributed by atoms with E-state index in [0.29, 0.717) is 39.1 Å². The zero-order valence-corrected chi connectivity index (χ0v) is 28.4. The van der Waals surface area contributed by atoms with Crippen molar-refractivity contribution in [2.24, 2.45) is 0 Å². The number of allylic oxidation sites excluding steroid dienone is 4. The Balaban J connectivity index is 1.44. The summed E-state index contributed by atoms with van der Waals surface area (Å²) in [5.41, 5.74) is 6.42. The highest BCUT2D eigenvalue weighted by atomic mass is 16.5. The second-order valence-corrected chi connectivity index (χ2v) is 13.3. The molecule has 0 aliphatic carbocycles. The summed E-state index contributed by atoms with van der Waals surface area (Å²) in [5.74, 6) is -0.389. The molecule has 0 amide bonds. The van der Waals surface area contributed by atoms with Crippen molar-refractivity contribution < 1.29 is 23.6 Å². The average molecular weight is 630 g/mol. The number of benzene rings is 4. The zero-order chi connectivity index (χ0) is 33.3. The Morgan fingerprint density at radius 3 is 2.00 bits per heavy atom. The van der Waals surface area contributed by atoms with Crippen molar-refractivity contribution in [1.82, 2.24) is 0 Å². The van der Waals surface area contributed by atoms with Crippen LogP contribution >= 0.6 is 0 Å². The fraction of sp³-hybridized carbons (Fsp3) is 0.341. The first kappa shape index (κ1) is 32.2. The predicted molar refractivity (Wildman–Crippen MR) is 191 cm³/mol. The van der Waals surface area contributed by atoms with Crippen LogP contribution in [0.25, 0.3) is 21.5 Å². The van der Waals surface area contributed by atoms with Gasteiger partial charge in [0.05, 0.1) is 25.0 Å². The molecule has 6 nitrogen and oxygen atoms in total. The number of hydrogen-bond donors (Lipinski definition) is 0. The third-order valence-electron chi connectivity index (χ3n) is 9.71. The summed E-state index contributed by atoms with van der Waals surface area (Å²) in [6.45, 7) is 14.5. The molecule has 0 radical (unpaired) electrons. The van der Waals surface area contributed by atoms with E-state index in [2.05, 4.69) is 128 Å². The summed E-state index contributed by atoms with van der Waals surface area (Å²) in [6.07, 6.45) is 7.14. The van der Waals surface area contributed by atoms with Crippen LogP contribution in [0.2, 0.25) is 0 Å². The largest absolute Gasteiger partial charge is 0.466 e. The molecule has 242 valence electrons. The summed E-state index contributed by atoms with van der Waals surface area (Å²) < 4.78 is 12.9. The minimum Gasteiger partial charge on any atom is -0.466 e. The first-order chi connectivity index (χ1) is 22.6. The van der Waals surface area contributed by atoms with Crippen molar-refractivity contribution in [2.45, 2.75) is 65.2 Å². The van der Waals surface area contributed by atoms with Crippen molar-refractivity contribution in [2.75, 3.05) is 31.2 Å². The second kappa shape index (κ2) is 12.8. The Labute approximate surface area is 278 Å². The molecule has 47 heavy (non-hydrogen) atoms. The fourth-order valence-corrected chi connectivity index (χ4v) is 7.66. The van der Waals surface area contributed by atoms with Gasteiger partial charge < -0.3 is 14.4 Å². The Morgan fingerprint density at radius 2 is 1.34 bits per heavy atom. The number of esters is 2. The number of anilines is 1. The van der Waals surface area contributed by atoms with Crippen LogP contribution in [0.15, 0.2) is 96.7 Å². The SMILES string of the molecule is CCOC(=O)CCN1/C(=C\C=C\C2=[N+](CCC(=O)OCC)c3ccc4ccccc4c3C2(C)C)C(C)(C)c2c1ccc1ccccc21. The van der Waals surface area contributed by atoms with Crippen molar-refractivity contribution >= 4 is 50.6 Å². The summed E-state index contributed by atoms with van der Waals surface area (Å²) in [5, 5.41) is 4.85. The lowest BCUT2D eigenvalue weighted by Gasteiger charge is -2.27. The van der Waals surface area contributed by atoms with Crippen molar-refractivity contribution in [1.29, 1.82) is 0 Å². The van der Waals surface area contributed by atoms with Gasteiger partial charge in [0, 0.05) is 41.1 Å². The van der Waals surface area contributed by atoms with Gasteiger partial charge in [-0.05, 0) is 73.0 Å². The number of rotatable bonds is 10. The van der Waals surface area contributed by atoms with Crippen LogP contribution in [0.3, 0.4) is 0 Å². The van der Waals surface area contributed by atoms with E-state index in [1.807, 2.05) is 13.8 Å². The Kier molecular flexibility index (Phi) is 8.80. The number of ether oxygens (including phenoxy) is 2. The van der Waals surface area contributed by atoms with Gasteiger partial charge in [-0.2, -0.15) is 4.58 Å². The molecule has 2 aliphatic rings. The van der Waals surface area contributed by atoms with Crippen molar-refractivity contribution in [3.8, 4) is 0 Å². The van der Waals surface area contributed by atoms with E-state index in [1.165, 1.54) is 32.7 Å². The van der Waals surface area contributed by atoms with Crippen molar-refractivity contribution in [3.05, 3.63) is 108 Å². The van der Waals surface area contributed by atoms with Crippen LogP contribution in [0, 0.1) is 0 Å². The summed E-state index contributed by atoms with van der Waals surface area (Å²) in [6, 6.07) is 25.7. The monoisotopic (exact) mass is 629 g/mol. The van der Waals surface area contributed by atoms with Gasteiger partial charge in [0.25, 0.3) is 0 Å². The van der Waals surface area contributed by atoms with Gasteiger partial charge in [-0.3, -0.25) is 9.59 Å². The third kappa shape index (κ3) is 5.75. The molecular weight excluding hydrogens is 584 g/mol. The molecular formula is C41H45N2O4+. The minimum atomic E-state index is -0.312. The van der Waals surface area contributed by atoms with E-state index in [1.54, 1.807) is 0 Å². The van der Waals surface area contributed by atoms with Crippen molar-refractivity contribution in [3.63, 3.8) is 0 Å². The summed E-state index contributed by atoms with van der Waals surface area (Å²) in [7, 11) is 0. The predicted octanol–water partition coefficient (Wildman–Crippen LogP) is 8.51. The average Bonchev–Trinajstić information content (AvgIpc) is 3.41. The molecule has 2 heterocycles. The lowest BCUT2D eigenvalue weighted by atomic mass is 9.79. The number of carbonyl (C=O) groups is 2. The Morgan fingerprint density at radius 1 is 0.745 bits per heavy atom. The van der Waals surface area contributed by atoms with Gasteiger partial charge in [0.1, 0.15) is 6.42 Å². The Bertz CT molecular complexity index is 1960. The summed E-state index contributed by atoms with van der Waals surface area (Å²) in [4.78, 5) is 27.3. The quantitative estimate of drug-likeness (QED) is 0.130. The Hall–Kier alpha value is -4.71. The van der Waals surface area contributed by atoms with E-state index < -0.39 is 0 Å². The van der Waals surface area contributed by atoms with E-state index in [-0.39, 0.29) is 22.8 Å². The van der Waals surface area contributed by atoms with E-state index in [0.717, 1.165) is 22.8 Å². The maximum absolute atomic E-state index is 12.5. The molecule has 6 heteroatoms. The van der Waals surface area contributed by atoms with E-state index >= 15 is 0 Å². The number of nitrogens with zero attached hydrogens (tertiary/aromatic N) is 2. The van der Waals surface area contributed by atoms with Crippen LogP contribution < -0.4 is 4.90 Å². The lowest BCUT2D eigenvalue weighted by molar-refractivity contribution is -0.436. The normalized spacial score (nSPS) is 17.1. The van der Waals surface area contributed by atoms with Crippen LogP contribution in [0.4, 0.5) is 11.4 Å². The van der Waals surface area contributed by atoms with Crippen LogP contribution in [-0.2, 0) is 29.9 Å². The molecule has 0 atom stereocenters. The molecule has 2 aliphatic heterocycles. The van der Waals surface area contributed by atoms with Gasteiger partial charge in [0.2, 0.25) is 5.69 Å². The molecule has 0 bridgehead atoms. The number of fused-ring (bicyclic) bond motifs is 6. The molecule has 0 saturated carbocycles. The number of carbonyl (C=O) groups excluding carboxylic acids is 2. The maximum Gasteiger partial charge on any atom is 0.312 e. The van der Waals surface area contributed by atoms with Gasteiger partial charge >= 0.3 is 11.9 Å². The maximum atomic E-state index is 12.5. The minimum absolute atomic E-state index is 0.195. The first-order valence-electron chi connectivity index (χ1n) is 16.8. The van der Waals surface area contributed by atoms with E-state index in [4.69, 9.17) is 9.47 Å². The van der Waals surface area contributed by atoms with Gasteiger partial charge in [0.15, 0.2) is 12.3 Å². The fourth-order valence-electron chi connectivity index (χ4n) is 7.66. The standard InChI is InChI=1S/C41H45N2O4/c1-7-46-36(44)24-26-42-32-22-20-28-14-9-11-16-30(28)38(32)40(3,4)34(42)18-13-19-35-41(5,6)39-31-17-12-10-15-29(31)21-23-33(39)43(35)27-25-37(45)47-8-2/h9-23H,7-8,24-27H2,1-6H3/q+1. The molecule has 0 fully saturated rings. The lowest BCUT2D eigenvalue weighted by Crippen LogP contribution is -2.29. The molecule has 0 spiro atoms. The second-order valence-electron chi connectivity index (χ2n) is 13.3. The third-order valence-corrected chi connectivity index (χ3v) is 9.71. The molecule has 6 rings (SSSR count). The number of hydrogen-bond acceptors (Lipinski definition) is 5. The molecule has 4 aromatic carbocycles. The van der Waals surface area contributed by atoms with Crippen LogP contribution in [0.1, 0.15) is 65.5 Å².